The van der Waals surface area contributed by atoms with E-state index in [4.69, 9.17) is 0 Å². The molecule has 2 bridgehead atoms. The Balaban J connectivity index is 2.31. The lowest BCUT2D eigenvalue weighted by Gasteiger charge is -2.27. The highest BCUT2D eigenvalue weighted by atomic mass is 31.0. The molecule has 0 aromatic carbocycles. The summed E-state index contributed by atoms with van der Waals surface area (Å²) in [4.78, 5) is 0. The highest BCUT2D eigenvalue weighted by Gasteiger charge is 2.31. The first kappa shape index (κ1) is 12.4. The standard InChI is InChI=1S/C15H25P/c1-11(2)13-4-6-15(3)7-5-14(16)9-12(8-13)10-15/h9,14H,4-8,10,16H2,1-3H3. The Kier molecular flexibility index (Phi) is 3.59. The second kappa shape index (κ2) is 4.65. The van der Waals surface area contributed by atoms with Gasteiger partial charge in [0.2, 0.25) is 0 Å². The van der Waals surface area contributed by atoms with Crippen LogP contribution in [0.15, 0.2) is 22.8 Å². The van der Waals surface area contributed by atoms with Crippen LogP contribution in [0.2, 0.25) is 0 Å². The van der Waals surface area contributed by atoms with Crippen molar-refractivity contribution in [2.75, 3.05) is 0 Å². The summed E-state index contributed by atoms with van der Waals surface area (Å²) in [5.41, 5.74) is 6.25. The summed E-state index contributed by atoms with van der Waals surface area (Å²) < 4.78 is 0. The predicted octanol–water partition coefficient (Wildman–Crippen LogP) is 4.87. The molecule has 0 heterocycles. The van der Waals surface area contributed by atoms with Gasteiger partial charge in [-0.15, -0.1) is 9.24 Å². The van der Waals surface area contributed by atoms with E-state index in [2.05, 4.69) is 36.1 Å². The number of fused-ring (bicyclic) bond motifs is 2. The van der Waals surface area contributed by atoms with Gasteiger partial charge in [-0.25, -0.2) is 0 Å². The molecule has 0 N–H and O–H groups in total. The van der Waals surface area contributed by atoms with Gasteiger partial charge in [0, 0.05) is 0 Å². The Morgan fingerprint density at radius 1 is 1.38 bits per heavy atom. The lowest BCUT2D eigenvalue weighted by molar-refractivity contribution is 0.276. The first-order chi connectivity index (χ1) is 7.48. The third kappa shape index (κ3) is 2.77. The molecule has 1 fully saturated rings. The molecule has 2 aliphatic rings. The van der Waals surface area contributed by atoms with Gasteiger partial charge in [0.05, 0.1) is 0 Å². The molecule has 2 aliphatic carbocycles. The molecule has 0 amide bonds. The zero-order valence-electron chi connectivity index (χ0n) is 11.0. The molecule has 16 heavy (non-hydrogen) atoms. The third-order valence-electron chi connectivity index (χ3n) is 4.36. The topological polar surface area (TPSA) is 0 Å². The average Bonchev–Trinajstić information content (AvgIpc) is 2.44. The molecule has 3 atom stereocenters. The van der Waals surface area contributed by atoms with Gasteiger partial charge in [-0.3, -0.25) is 0 Å². The van der Waals surface area contributed by atoms with E-state index in [-0.39, 0.29) is 0 Å². The van der Waals surface area contributed by atoms with E-state index in [1.807, 2.05) is 0 Å². The van der Waals surface area contributed by atoms with Crippen molar-refractivity contribution in [2.24, 2.45) is 5.41 Å². The van der Waals surface area contributed by atoms with Crippen LogP contribution in [0.5, 0.6) is 0 Å². The van der Waals surface area contributed by atoms with E-state index in [0.29, 0.717) is 11.1 Å². The summed E-state index contributed by atoms with van der Waals surface area (Å²) in [5.74, 6) is 0. The molecule has 90 valence electrons. The maximum Gasteiger partial charge on any atom is -0.00827 e. The zero-order chi connectivity index (χ0) is 11.8. The van der Waals surface area contributed by atoms with Crippen LogP contribution in [0.1, 0.15) is 59.3 Å². The maximum atomic E-state index is 3.01. The number of rotatable bonds is 0. The first-order valence-corrected chi connectivity index (χ1v) is 7.26. The number of hydrogen-bond donors (Lipinski definition) is 0. The van der Waals surface area contributed by atoms with Crippen LogP contribution in [-0.4, -0.2) is 5.66 Å². The van der Waals surface area contributed by atoms with Crippen molar-refractivity contribution in [2.45, 2.75) is 65.0 Å². The molecule has 0 aromatic heterocycles. The van der Waals surface area contributed by atoms with E-state index >= 15 is 0 Å². The zero-order valence-corrected chi connectivity index (χ0v) is 12.1. The molecule has 0 saturated heterocycles. The SMILES string of the molecule is CC(C)=C1CCC2(C)CCC(P)C=C(C1)C2. The highest BCUT2D eigenvalue weighted by molar-refractivity contribution is 7.17. The van der Waals surface area contributed by atoms with Crippen LogP contribution >= 0.6 is 9.24 Å². The van der Waals surface area contributed by atoms with Crippen LogP contribution in [0.4, 0.5) is 0 Å². The second-order valence-electron chi connectivity index (χ2n) is 6.30. The van der Waals surface area contributed by atoms with Crippen molar-refractivity contribution in [1.82, 2.24) is 0 Å². The van der Waals surface area contributed by atoms with Crippen LogP contribution in [0.25, 0.3) is 0 Å². The van der Waals surface area contributed by atoms with Gasteiger partial charge in [-0.05, 0) is 63.4 Å². The van der Waals surface area contributed by atoms with Gasteiger partial charge in [0.15, 0.2) is 0 Å². The van der Waals surface area contributed by atoms with Crippen molar-refractivity contribution in [1.29, 1.82) is 0 Å². The summed E-state index contributed by atoms with van der Waals surface area (Å²) in [6.45, 7) is 7.05. The Hall–Kier alpha value is -0.0900. The predicted molar refractivity (Wildman–Crippen MR) is 75.8 cm³/mol. The fourth-order valence-electron chi connectivity index (χ4n) is 3.17. The Bertz CT molecular complexity index is 333. The van der Waals surface area contributed by atoms with Gasteiger partial charge >= 0.3 is 0 Å². The Morgan fingerprint density at radius 2 is 2.12 bits per heavy atom. The molecule has 0 aromatic rings. The van der Waals surface area contributed by atoms with Crippen LogP contribution in [0.3, 0.4) is 0 Å². The van der Waals surface area contributed by atoms with E-state index in [1.54, 1.807) is 16.7 Å². The fourth-order valence-corrected chi connectivity index (χ4v) is 3.61. The smallest absolute Gasteiger partial charge is 0.00827 e. The molecule has 3 unspecified atom stereocenters. The quantitative estimate of drug-likeness (QED) is 0.416. The van der Waals surface area contributed by atoms with Crippen molar-refractivity contribution in [3.05, 3.63) is 22.8 Å². The molecule has 0 spiro atoms. The third-order valence-corrected chi connectivity index (χ3v) is 4.89. The highest BCUT2D eigenvalue weighted by Crippen LogP contribution is 2.46. The van der Waals surface area contributed by atoms with Crippen molar-refractivity contribution in [3.63, 3.8) is 0 Å². The second-order valence-corrected chi connectivity index (χ2v) is 7.15. The number of allylic oxidation sites excluding steroid dienone is 4. The van der Waals surface area contributed by atoms with Crippen LogP contribution in [-0.2, 0) is 0 Å². The Labute approximate surface area is 103 Å². The van der Waals surface area contributed by atoms with Crippen molar-refractivity contribution >= 4 is 9.24 Å². The average molecular weight is 236 g/mol. The van der Waals surface area contributed by atoms with Crippen LogP contribution in [0, 0.1) is 5.41 Å². The summed E-state index contributed by atoms with van der Waals surface area (Å²) in [6.07, 6.45) is 10.6. The van der Waals surface area contributed by atoms with Gasteiger partial charge in [-0.1, -0.05) is 29.7 Å². The summed E-state index contributed by atoms with van der Waals surface area (Å²) in [5, 5.41) is 0. The van der Waals surface area contributed by atoms with E-state index in [0.717, 1.165) is 0 Å². The molecular weight excluding hydrogens is 211 g/mol. The van der Waals surface area contributed by atoms with Gasteiger partial charge < -0.3 is 0 Å². The summed E-state index contributed by atoms with van der Waals surface area (Å²) in [6, 6.07) is 0. The van der Waals surface area contributed by atoms with Crippen molar-refractivity contribution < 1.29 is 0 Å². The van der Waals surface area contributed by atoms with Gasteiger partial charge in [0.25, 0.3) is 0 Å². The van der Waals surface area contributed by atoms with Crippen LogP contribution < -0.4 is 0 Å². The first-order valence-electron chi connectivity index (χ1n) is 6.59. The number of hydrogen-bond acceptors (Lipinski definition) is 0. The Morgan fingerprint density at radius 3 is 2.81 bits per heavy atom. The lowest BCUT2D eigenvalue weighted by Crippen LogP contribution is -2.15. The monoisotopic (exact) mass is 236 g/mol. The molecule has 0 radical (unpaired) electrons. The summed E-state index contributed by atoms with van der Waals surface area (Å²) in [7, 11) is 3.01. The van der Waals surface area contributed by atoms with E-state index in [1.165, 1.54) is 38.5 Å². The molecule has 1 heteroatoms. The largest absolute Gasteiger partial charge is 0.130 e. The molecule has 1 saturated carbocycles. The van der Waals surface area contributed by atoms with E-state index in [9.17, 15) is 0 Å². The maximum absolute atomic E-state index is 3.01. The lowest BCUT2D eigenvalue weighted by atomic mass is 9.78. The minimum absolute atomic E-state index is 0.578. The van der Waals surface area contributed by atoms with E-state index < -0.39 is 0 Å². The minimum atomic E-state index is 0.578. The normalized spacial score (nSPS) is 35.1. The van der Waals surface area contributed by atoms with Gasteiger partial charge in [-0.2, -0.15) is 0 Å². The molecule has 0 aliphatic heterocycles. The molecule has 0 nitrogen and oxygen atoms in total. The fraction of sp³-hybridized carbons (Fsp3) is 0.733. The minimum Gasteiger partial charge on any atom is -0.130 e. The molecular formula is C15H25P. The summed E-state index contributed by atoms with van der Waals surface area (Å²) >= 11 is 0. The van der Waals surface area contributed by atoms with Crippen molar-refractivity contribution in [3.8, 4) is 0 Å². The molecule has 2 rings (SSSR count). The van der Waals surface area contributed by atoms with Gasteiger partial charge in [0.1, 0.15) is 0 Å².